The number of carbonyl (C=O) groups excluding carboxylic acids is 2. The van der Waals surface area contributed by atoms with Gasteiger partial charge >= 0.3 is 6.09 Å². The minimum atomic E-state index is -3.79. The molecule has 3 aromatic rings. The first-order valence-corrected chi connectivity index (χ1v) is 11.8. The number of benzene rings is 3. The van der Waals surface area contributed by atoms with E-state index in [-0.39, 0.29) is 23.7 Å². The van der Waals surface area contributed by atoms with E-state index in [1.807, 2.05) is 6.92 Å². The van der Waals surface area contributed by atoms with Gasteiger partial charge in [-0.05, 0) is 61.5 Å². The maximum atomic E-state index is 12.6. The highest BCUT2D eigenvalue weighted by atomic mass is 32.2. The van der Waals surface area contributed by atoms with Crippen molar-refractivity contribution in [2.24, 2.45) is 0 Å². The van der Waals surface area contributed by atoms with E-state index in [1.165, 1.54) is 31.4 Å². The fourth-order valence-corrected chi connectivity index (χ4v) is 3.93. The van der Waals surface area contributed by atoms with Gasteiger partial charge in [0.2, 0.25) is 0 Å². The quantitative estimate of drug-likeness (QED) is 0.391. The van der Waals surface area contributed by atoms with E-state index in [9.17, 15) is 18.0 Å². The minimum Gasteiger partial charge on any atom is -0.447 e. The number of methoxy groups -OCH3 is 1. The Morgan fingerprint density at radius 2 is 1.47 bits per heavy atom. The molecule has 178 valence electrons. The van der Waals surface area contributed by atoms with E-state index >= 15 is 0 Å². The van der Waals surface area contributed by atoms with Crippen LogP contribution in [0.1, 0.15) is 15.9 Å². The molecule has 3 rings (SSSR count). The molecule has 2 amide bonds. The van der Waals surface area contributed by atoms with Crippen LogP contribution >= 0.6 is 0 Å². The van der Waals surface area contributed by atoms with Crippen LogP contribution in [0.2, 0.25) is 0 Å². The van der Waals surface area contributed by atoms with Crippen LogP contribution in [0.15, 0.2) is 77.7 Å². The predicted molar refractivity (Wildman–Crippen MR) is 130 cm³/mol. The molecule has 9 nitrogen and oxygen atoms in total. The van der Waals surface area contributed by atoms with Crippen molar-refractivity contribution in [2.75, 3.05) is 35.7 Å². The van der Waals surface area contributed by atoms with Gasteiger partial charge < -0.3 is 14.8 Å². The largest absolute Gasteiger partial charge is 0.447 e. The molecule has 0 aliphatic rings. The monoisotopic (exact) mass is 483 g/mol. The van der Waals surface area contributed by atoms with E-state index < -0.39 is 22.0 Å². The van der Waals surface area contributed by atoms with Crippen molar-refractivity contribution in [3.8, 4) is 0 Å². The molecule has 0 radical (unpaired) electrons. The lowest BCUT2D eigenvalue weighted by Crippen LogP contribution is -2.17. The van der Waals surface area contributed by atoms with Crippen molar-refractivity contribution >= 4 is 39.1 Å². The molecule has 0 heterocycles. The van der Waals surface area contributed by atoms with Gasteiger partial charge in [0.05, 0.1) is 11.5 Å². The summed E-state index contributed by atoms with van der Waals surface area (Å²) in [6.07, 6.45) is -0.642. The predicted octanol–water partition coefficient (Wildman–Crippen LogP) is 4.24. The van der Waals surface area contributed by atoms with Crippen molar-refractivity contribution in [3.05, 3.63) is 83.9 Å². The van der Waals surface area contributed by atoms with Crippen LogP contribution in [-0.2, 0) is 19.5 Å². The first-order valence-electron chi connectivity index (χ1n) is 10.3. The number of hydrogen-bond acceptors (Lipinski definition) is 6. The second-order valence-corrected chi connectivity index (χ2v) is 8.97. The summed E-state index contributed by atoms with van der Waals surface area (Å²) >= 11 is 0. The highest BCUT2D eigenvalue weighted by Gasteiger charge is 2.15. The van der Waals surface area contributed by atoms with Crippen molar-refractivity contribution in [3.63, 3.8) is 0 Å². The van der Waals surface area contributed by atoms with Crippen LogP contribution in [0, 0.1) is 6.92 Å². The smallest absolute Gasteiger partial charge is 0.411 e. The van der Waals surface area contributed by atoms with Gasteiger partial charge in [-0.2, -0.15) is 0 Å². The molecule has 0 aromatic heterocycles. The standard InChI is InChI=1S/C24H25N3O6S/c1-17-6-10-19(11-7-17)27-34(30,31)22-12-8-18(9-13-22)23(28)25-20-4-3-5-21(16-20)26-24(29)33-15-14-32-2/h3-13,16,27H,14-15H2,1-2H3,(H,25,28)(H,26,29). The van der Waals surface area contributed by atoms with Crippen LogP contribution in [0.3, 0.4) is 0 Å². The molecular formula is C24H25N3O6S. The van der Waals surface area contributed by atoms with Gasteiger partial charge in [-0.1, -0.05) is 23.8 Å². The third-order valence-electron chi connectivity index (χ3n) is 4.62. The molecule has 0 saturated carbocycles. The molecule has 0 spiro atoms. The third-order valence-corrected chi connectivity index (χ3v) is 6.02. The van der Waals surface area contributed by atoms with E-state index in [1.54, 1.807) is 48.5 Å². The molecule has 0 aliphatic heterocycles. The molecule has 0 aliphatic carbocycles. The summed E-state index contributed by atoms with van der Waals surface area (Å²) in [5.74, 6) is -0.435. The SMILES string of the molecule is COCCOC(=O)Nc1cccc(NC(=O)c2ccc(S(=O)(=O)Nc3ccc(C)cc3)cc2)c1. The van der Waals surface area contributed by atoms with Crippen LogP contribution in [0.25, 0.3) is 0 Å². The van der Waals surface area contributed by atoms with Gasteiger partial charge in [-0.3, -0.25) is 14.8 Å². The van der Waals surface area contributed by atoms with Gasteiger partial charge in [0.15, 0.2) is 0 Å². The summed E-state index contributed by atoms with van der Waals surface area (Å²) in [6, 6.07) is 19.1. The Morgan fingerprint density at radius 1 is 0.824 bits per heavy atom. The number of nitrogens with one attached hydrogen (secondary N) is 3. The van der Waals surface area contributed by atoms with Gasteiger partial charge in [0.1, 0.15) is 6.61 Å². The molecule has 34 heavy (non-hydrogen) atoms. The highest BCUT2D eigenvalue weighted by Crippen LogP contribution is 2.19. The van der Waals surface area contributed by atoms with Crippen molar-refractivity contribution in [2.45, 2.75) is 11.8 Å². The Bertz CT molecular complexity index is 1240. The number of anilines is 3. The average Bonchev–Trinajstić information content (AvgIpc) is 2.81. The summed E-state index contributed by atoms with van der Waals surface area (Å²) in [7, 11) is -2.29. The molecule has 0 atom stereocenters. The maximum Gasteiger partial charge on any atom is 0.411 e. The Balaban J connectivity index is 1.62. The second kappa shape index (κ2) is 11.3. The summed E-state index contributed by atoms with van der Waals surface area (Å²) in [6.45, 7) is 2.31. The van der Waals surface area contributed by atoms with E-state index in [0.717, 1.165) is 5.56 Å². The zero-order valence-electron chi connectivity index (χ0n) is 18.7. The second-order valence-electron chi connectivity index (χ2n) is 7.28. The normalized spacial score (nSPS) is 10.9. The van der Waals surface area contributed by atoms with Gasteiger partial charge in [0, 0.05) is 29.7 Å². The van der Waals surface area contributed by atoms with E-state index in [2.05, 4.69) is 15.4 Å². The van der Waals surface area contributed by atoms with Crippen LogP contribution in [-0.4, -0.2) is 40.7 Å². The third kappa shape index (κ3) is 7.06. The lowest BCUT2D eigenvalue weighted by atomic mass is 10.2. The Morgan fingerprint density at radius 3 is 2.12 bits per heavy atom. The summed E-state index contributed by atoms with van der Waals surface area (Å²) in [5, 5.41) is 5.27. The molecular weight excluding hydrogens is 458 g/mol. The topological polar surface area (TPSA) is 123 Å². The Hall–Kier alpha value is -3.89. The lowest BCUT2D eigenvalue weighted by Gasteiger charge is -2.11. The first-order chi connectivity index (χ1) is 16.3. The Kier molecular flexibility index (Phi) is 8.23. The number of hydrogen-bond donors (Lipinski definition) is 3. The number of sulfonamides is 1. The van der Waals surface area contributed by atoms with Crippen molar-refractivity contribution in [1.82, 2.24) is 0 Å². The molecule has 0 fully saturated rings. The summed E-state index contributed by atoms with van der Waals surface area (Å²) < 4.78 is 37.5. The zero-order valence-corrected chi connectivity index (χ0v) is 19.5. The maximum absolute atomic E-state index is 12.6. The minimum absolute atomic E-state index is 0.0304. The number of aryl methyl sites for hydroxylation is 1. The van der Waals surface area contributed by atoms with Crippen LogP contribution < -0.4 is 15.4 Å². The van der Waals surface area contributed by atoms with Crippen molar-refractivity contribution in [1.29, 1.82) is 0 Å². The molecule has 0 saturated heterocycles. The fraction of sp³-hybridized carbons (Fsp3) is 0.167. The van der Waals surface area contributed by atoms with Gasteiger partial charge in [-0.25, -0.2) is 13.2 Å². The van der Waals surface area contributed by atoms with Gasteiger partial charge in [0.25, 0.3) is 15.9 Å². The zero-order chi connectivity index (χ0) is 24.6. The number of ether oxygens (including phenoxy) is 2. The summed E-state index contributed by atoms with van der Waals surface area (Å²) in [4.78, 5) is 24.4. The Labute approximate surface area is 198 Å². The molecule has 10 heteroatoms. The van der Waals surface area contributed by atoms with Crippen LogP contribution in [0.4, 0.5) is 21.9 Å². The van der Waals surface area contributed by atoms with Crippen LogP contribution in [0.5, 0.6) is 0 Å². The van der Waals surface area contributed by atoms with E-state index in [4.69, 9.17) is 9.47 Å². The fourth-order valence-electron chi connectivity index (χ4n) is 2.87. The molecule has 0 bridgehead atoms. The number of rotatable bonds is 9. The summed E-state index contributed by atoms with van der Waals surface area (Å²) in [5.41, 5.74) is 2.61. The number of carbonyl (C=O) groups is 2. The van der Waals surface area contributed by atoms with Gasteiger partial charge in [-0.15, -0.1) is 0 Å². The number of amides is 2. The van der Waals surface area contributed by atoms with E-state index in [0.29, 0.717) is 17.1 Å². The average molecular weight is 484 g/mol. The molecule has 3 N–H and O–H groups in total. The first kappa shape index (κ1) is 24.7. The lowest BCUT2D eigenvalue weighted by molar-refractivity contribution is 0.102. The highest BCUT2D eigenvalue weighted by molar-refractivity contribution is 7.92. The van der Waals surface area contributed by atoms with Crippen molar-refractivity contribution < 1.29 is 27.5 Å². The molecule has 3 aromatic carbocycles. The molecule has 0 unspecified atom stereocenters.